The smallest absolute Gasteiger partial charge is 0.126 e. The van der Waals surface area contributed by atoms with Crippen molar-refractivity contribution in [2.75, 3.05) is 5.75 Å². The Morgan fingerprint density at radius 3 is 2.48 bits per heavy atom. The molecule has 1 N–H and O–H groups in total. The van der Waals surface area contributed by atoms with Crippen LogP contribution in [0, 0.1) is 17.2 Å². The third kappa shape index (κ3) is 3.78. The molecule has 2 atom stereocenters. The van der Waals surface area contributed by atoms with Gasteiger partial charge in [0.05, 0.1) is 5.60 Å². The van der Waals surface area contributed by atoms with Crippen molar-refractivity contribution < 1.29 is 9.50 Å². The van der Waals surface area contributed by atoms with Gasteiger partial charge in [0, 0.05) is 5.41 Å². The van der Waals surface area contributed by atoms with E-state index in [1.165, 1.54) is 0 Å². The van der Waals surface area contributed by atoms with E-state index < -0.39 is 5.60 Å². The van der Waals surface area contributed by atoms with E-state index in [-0.39, 0.29) is 17.2 Å². The minimum absolute atomic E-state index is 0.151. The Balaban J connectivity index is 2.46. The Hall–Kier alpha value is -0.540. The third-order valence-electron chi connectivity index (χ3n) is 6.19. The van der Waals surface area contributed by atoms with Gasteiger partial charge in [0.25, 0.3) is 0 Å². The van der Waals surface area contributed by atoms with Crippen LogP contribution in [0.1, 0.15) is 82.9 Å². The lowest BCUT2D eigenvalue weighted by Gasteiger charge is -2.45. The minimum Gasteiger partial charge on any atom is -0.384 e. The molecule has 1 aromatic carbocycles. The maximum Gasteiger partial charge on any atom is 0.126 e. The second-order valence-corrected chi connectivity index (χ2v) is 8.75. The molecule has 0 fully saturated rings. The number of benzene rings is 1. The molecule has 142 valence electrons. The molecule has 2 unspecified atom stereocenters. The Labute approximate surface area is 158 Å². The Kier molecular flexibility index (Phi) is 7.01. The Morgan fingerprint density at radius 1 is 1.16 bits per heavy atom. The van der Waals surface area contributed by atoms with E-state index in [0.717, 1.165) is 67.4 Å². The number of halogens is 1. The van der Waals surface area contributed by atoms with Crippen molar-refractivity contribution in [2.24, 2.45) is 11.3 Å². The lowest BCUT2D eigenvalue weighted by atomic mass is 9.64. The molecule has 0 aromatic heterocycles. The van der Waals surface area contributed by atoms with Crippen LogP contribution in [0.15, 0.2) is 12.1 Å². The summed E-state index contributed by atoms with van der Waals surface area (Å²) in [5, 5.41) is 12.1. The fourth-order valence-electron chi connectivity index (χ4n) is 4.87. The van der Waals surface area contributed by atoms with Crippen molar-refractivity contribution >= 4 is 12.6 Å². The highest BCUT2D eigenvalue weighted by Crippen LogP contribution is 2.57. The zero-order valence-corrected chi connectivity index (χ0v) is 17.3. The summed E-state index contributed by atoms with van der Waals surface area (Å²) in [5.41, 5.74) is 1.49. The largest absolute Gasteiger partial charge is 0.384 e. The average molecular weight is 367 g/mol. The van der Waals surface area contributed by atoms with Gasteiger partial charge in [-0.25, -0.2) is 4.39 Å². The van der Waals surface area contributed by atoms with Crippen molar-refractivity contribution in [2.45, 2.75) is 84.7 Å². The zero-order valence-electron chi connectivity index (χ0n) is 16.4. The number of rotatable bonds is 9. The van der Waals surface area contributed by atoms with Gasteiger partial charge in [-0.05, 0) is 66.5 Å². The molecule has 0 saturated heterocycles. The highest BCUT2D eigenvalue weighted by atomic mass is 32.1. The highest BCUT2D eigenvalue weighted by molar-refractivity contribution is 7.80. The van der Waals surface area contributed by atoms with Gasteiger partial charge in [-0.2, -0.15) is 12.6 Å². The van der Waals surface area contributed by atoms with E-state index in [0.29, 0.717) is 6.42 Å². The molecule has 1 aliphatic rings. The summed E-state index contributed by atoms with van der Waals surface area (Å²) in [4.78, 5) is 0. The van der Waals surface area contributed by atoms with Gasteiger partial charge in [-0.1, -0.05) is 53.0 Å². The first-order chi connectivity index (χ1) is 11.8. The second kappa shape index (κ2) is 8.43. The lowest BCUT2D eigenvalue weighted by molar-refractivity contribution is -0.114. The lowest BCUT2D eigenvalue weighted by Crippen LogP contribution is -2.45. The molecular formula is C22H35FOS. The van der Waals surface area contributed by atoms with Crippen molar-refractivity contribution in [3.63, 3.8) is 0 Å². The summed E-state index contributed by atoms with van der Waals surface area (Å²) in [6.45, 7) is 8.50. The van der Waals surface area contributed by atoms with Crippen LogP contribution in [0.3, 0.4) is 0 Å². The summed E-state index contributed by atoms with van der Waals surface area (Å²) >= 11 is 4.30. The Bertz CT molecular complexity index is 584. The molecule has 0 heterocycles. The van der Waals surface area contributed by atoms with Crippen molar-refractivity contribution in [3.05, 3.63) is 34.6 Å². The molecule has 0 bridgehead atoms. The summed E-state index contributed by atoms with van der Waals surface area (Å²) in [6, 6.07) is 3.46. The molecule has 0 radical (unpaired) electrons. The predicted molar refractivity (Wildman–Crippen MR) is 108 cm³/mol. The van der Waals surface area contributed by atoms with Gasteiger partial charge in [-0.15, -0.1) is 0 Å². The van der Waals surface area contributed by atoms with Crippen LogP contribution in [-0.4, -0.2) is 10.9 Å². The fourth-order valence-corrected chi connectivity index (χ4v) is 5.10. The maximum atomic E-state index is 14.6. The summed E-state index contributed by atoms with van der Waals surface area (Å²) in [5.74, 6) is 0.949. The third-order valence-corrected chi connectivity index (χ3v) is 6.51. The molecule has 0 saturated carbocycles. The molecule has 3 heteroatoms. The second-order valence-electron chi connectivity index (χ2n) is 8.30. The number of aliphatic hydroxyl groups is 1. The van der Waals surface area contributed by atoms with Crippen molar-refractivity contribution in [1.29, 1.82) is 0 Å². The Morgan fingerprint density at radius 2 is 1.88 bits per heavy atom. The van der Waals surface area contributed by atoms with Crippen LogP contribution in [0.4, 0.5) is 4.39 Å². The van der Waals surface area contributed by atoms with Crippen LogP contribution in [0.2, 0.25) is 0 Å². The molecule has 1 aromatic rings. The van der Waals surface area contributed by atoms with Crippen molar-refractivity contribution in [1.82, 2.24) is 0 Å². The fraction of sp³-hybridized carbons (Fsp3) is 0.727. The number of hydrogen-bond donors (Lipinski definition) is 2. The van der Waals surface area contributed by atoms with E-state index >= 15 is 0 Å². The van der Waals surface area contributed by atoms with E-state index in [1.807, 2.05) is 6.07 Å². The van der Waals surface area contributed by atoms with Crippen LogP contribution < -0.4 is 0 Å². The summed E-state index contributed by atoms with van der Waals surface area (Å²) < 4.78 is 14.6. The van der Waals surface area contributed by atoms with Crippen LogP contribution in [0.25, 0.3) is 0 Å². The maximum absolute atomic E-state index is 14.6. The molecule has 1 aliphatic carbocycles. The van der Waals surface area contributed by atoms with Gasteiger partial charge in [0.2, 0.25) is 0 Å². The van der Waals surface area contributed by atoms with E-state index in [4.69, 9.17) is 0 Å². The molecule has 1 nitrogen and oxygen atoms in total. The topological polar surface area (TPSA) is 20.2 Å². The SMILES string of the molecule is CCCC(CCCCCS)C1(O)c2c(CC)ccc(F)c2CC1(C)C. The van der Waals surface area contributed by atoms with Gasteiger partial charge in [-0.3, -0.25) is 0 Å². The number of aryl methyl sites for hydroxylation is 1. The minimum atomic E-state index is -0.938. The standard InChI is InChI=1S/C22H35FOS/c1-5-10-17(11-8-7-9-14-25)22(24)20-16(6-2)12-13-19(23)18(20)15-21(22,3)4/h12-13,17,24-25H,5-11,14-15H2,1-4H3. The first-order valence-corrected chi connectivity index (χ1v) is 10.6. The van der Waals surface area contributed by atoms with Crippen molar-refractivity contribution in [3.8, 4) is 0 Å². The number of unbranched alkanes of at least 4 members (excludes halogenated alkanes) is 2. The number of hydrogen-bond acceptors (Lipinski definition) is 2. The number of fused-ring (bicyclic) bond motifs is 1. The van der Waals surface area contributed by atoms with Gasteiger partial charge in [0.15, 0.2) is 0 Å². The van der Waals surface area contributed by atoms with Gasteiger partial charge in [0.1, 0.15) is 5.82 Å². The van der Waals surface area contributed by atoms with Crippen LogP contribution in [-0.2, 0) is 18.4 Å². The van der Waals surface area contributed by atoms with Gasteiger partial charge >= 0.3 is 0 Å². The monoisotopic (exact) mass is 366 g/mol. The van der Waals surface area contributed by atoms with Gasteiger partial charge < -0.3 is 5.11 Å². The first kappa shape index (κ1) is 20.8. The highest BCUT2D eigenvalue weighted by Gasteiger charge is 2.56. The van der Waals surface area contributed by atoms with Crippen LogP contribution in [0.5, 0.6) is 0 Å². The normalized spacial score (nSPS) is 22.8. The quantitative estimate of drug-likeness (QED) is 0.402. The first-order valence-electron chi connectivity index (χ1n) is 9.97. The predicted octanol–water partition coefficient (Wildman–Crippen LogP) is 6.06. The molecule has 0 aliphatic heterocycles. The van der Waals surface area contributed by atoms with E-state index in [1.54, 1.807) is 6.07 Å². The average Bonchev–Trinajstić information content (AvgIpc) is 2.80. The summed E-state index contributed by atoms with van der Waals surface area (Å²) in [7, 11) is 0. The van der Waals surface area contributed by atoms with Crippen LogP contribution >= 0.6 is 12.6 Å². The van der Waals surface area contributed by atoms with E-state index in [2.05, 4.69) is 40.3 Å². The number of thiol groups is 1. The molecule has 25 heavy (non-hydrogen) atoms. The van der Waals surface area contributed by atoms with E-state index in [9.17, 15) is 9.50 Å². The molecule has 0 amide bonds. The molecule has 0 spiro atoms. The summed E-state index contributed by atoms with van der Waals surface area (Å²) in [6.07, 6.45) is 7.86. The zero-order chi connectivity index (χ0) is 18.7. The molecule has 2 rings (SSSR count). The molecular weight excluding hydrogens is 331 g/mol.